The predicted molar refractivity (Wildman–Crippen MR) is 75.1 cm³/mol. The quantitative estimate of drug-likeness (QED) is 0.830. The Morgan fingerprint density at radius 1 is 1.17 bits per heavy atom. The second-order valence-electron chi connectivity index (χ2n) is 4.10. The van der Waals surface area contributed by atoms with E-state index in [0.29, 0.717) is 11.4 Å². The fourth-order valence-electron chi connectivity index (χ4n) is 1.70. The van der Waals surface area contributed by atoms with Crippen LogP contribution < -0.4 is 5.32 Å². The molecule has 2 aromatic carbocycles. The zero-order valence-corrected chi connectivity index (χ0v) is 10.9. The van der Waals surface area contributed by atoms with E-state index in [4.69, 9.17) is 11.6 Å². The van der Waals surface area contributed by atoms with E-state index in [0.717, 1.165) is 16.8 Å². The van der Waals surface area contributed by atoms with Gasteiger partial charge < -0.3 is 5.32 Å². The lowest BCUT2D eigenvalue weighted by atomic mass is 10.1. The van der Waals surface area contributed by atoms with Crippen LogP contribution in [-0.4, -0.2) is 5.91 Å². The van der Waals surface area contributed by atoms with Gasteiger partial charge in [-0.1, -0.05) is 30.3 Å². The minimum absolute atomic E-state index is 0.115. The first-order chi connectivity index (χ1) is 8.70. The molecule has 3 heteroatoms. The molecular formula is C15H14ClNO. The van der Waals surface area contributed by atoms with E-state index in [9.17, 15) is 4.79 Å². The molecule has 0 radical (unpaired) electrons. The van der Waals surface area contributed by atoms with Crippen molar-refractivity contribution in [3.63, 3.8) is 0 Å². The summed E-state index contributed by atoms with van der Waals surface area (Å²) in [6.07, 6.45) is 0. The summed E-state index contributed by atoms with van der Waals surface area (Å²) in [5.41, 5.74) is 3.43. The number of para-hydroxylation sites is 1. The first kappa shape index (κ1) is 12.7. The fraction of sp³-hybridized carbons (Fsp3) is 0.133. The van der Waals surface area contributed by atoms with Crippen molar-refractivity contribution in [2.45, 2.75) is 12.8 Å². The Balaban J connectivity index is 2.19. The predicted octanol–water partition coefficient (Wildman–Crippen LogP) is 3.99. The van der Waals surface area contributed by atoms with Gasteiger partial charge in [-0.15, -0.1) is 11.6 Å². The van der Waals surface area contributed by atoms with E-state index < -0.39 is 0 Å². The number of benzene rings is 2. The van der Waals surface area contributed by atoms with Crippen molar-refractivity contribution >= 4 is 23.2 Å². The van der Waals surface area contributed by atoms with E-state index in [1.54, 1.807) is 12.1 Å². The molecule has 0 heterocycles. The van der Waals surface area contributed by atoms with Crippen LogP contribution in [0.4, 0.5) is 5.69 Å². The lowest BCUT2D eigenvalue weighted by Gasteiger charge is -2.08. The average molecular weight is 260 g/mol. The van der Waals surface area contributed by atoms with Gasteiger partial charge in [-0.3, -0.25) is 4.79 Å². The van der Waals surface area contributed by atoms with Crippen molar-refractivity contribution in [3.05, 3.63) is 65.2 Å². The lowest BCUT2D eigenvalue weighted by molar-refractivity contribution is 0.102. The van der Waals surface area contributed by atoms with E-state index in [-0.39, 0.29) is 5.91 Å². The molecule has 0 atom stereocenters. The standard InChI is InChI=1S/C15H14ClNO/c1-11-5-2-3-8-14(11)17-15(18)13-7-4-6-12(9-13)10-16/h2-9H,10H2,1H3,(H,17,18). The molecule has 1 amide bonds. The van der Waals surface area contributed by atoms with Gasteiger partial charge in [-0.05, 0) is 36.2 Å². The number of nitrogens with one attached hydrogen (secondary N) is 1. The molecule has 0 aliphatic carbocycles. The normalized spacial score (nSPS) is 10.1. The van der Waals surface area contributed by atoms with Gasteiger partial charge in [0.25, 0.3) is 5.91 Å². The zero-order valence-electron chi connectivity index (χ0n) is 10.1. The number of carbonyl (C=O) groups is 1. The van der Waals surface area contributed by atoms with Crippen LogP contribution in [0.3, 0.4) is 0 Å². The van der Waals surface area contributed by atoms with Crippen LogP contribution >= 0.6 is 11.6 Å². The Hall–Kier alpha value is -1.80. The number of carbonyl (C=O) groups excluding carboxylic acids is 1. The number of aryl methyl sites for hydroxylation is 1. The number of anilines is 1. The SMILES string of the molecule is Cc1ccccc1NC(=O)c1cccc(CCl)c1. The Kier molecular flexibility index (Phi) is 4.00. The molecule has 2 nitrogen and oxygen atoms in total. The van der Waals surface area contributed by atoms with Gasteiger partial charge in [0.1, 0.15) is 0 Å². The van der Waals surface area contributed by atoms with Crippen LogP contribution in [0.1, 0.15) is 21.5 Å². The van der Waals surface area contributed by atoms with Gasteiger partial charge in [0.15, 0.2) is 0 Å². The highest BCUT2D eigenvalue weighted by Crippen LogP contribution is 2.15. The van der Waals surface area contributed by atoms with E-state index in [1.165, 1.54) is 0 Å². The molecule has 92 valence electrons. The van der Waals surface area contributed by atoms with Crippen molar-refractivity contribution in [1.82, 2.24) is 0 Å². The van der Waals surface area contributed by atoms with Gasteiger partial charge in [0.05, 0.1) is 0 Å². The summed E-state index contributed by atoms with van der Waals surface area (Å²) in [5, 5.41) is 2.90. The summed E-state index contributed by atoms with van der Waals surface area (Å²) in [4.78, 5) is 12.1. The number of amides is 1. The van der Waals surface area contributed by atoms with Gasteiger partial charge in [0, 0.05) is 17.1 Å². The van der Waals surface area contributed by atoms with E-state index >= 15 is 0 Å². The smallest absolute Gasteiger partial charge is 0.255 e. The van der Waals surface area contributed by atoms with Crippen molar-refractivity contribution in [2.75, 3.05) is 5.32 Å². The van der Waals surface area contributed by atoms with Crippen LogP contribution in [0.25, 0.3) is 0 Å². The Labute approximate surface area is 112 Å². The summed E-state index contributed by atoms with van der Waals surface area (Å²) >= 11 is 5.76. The average Bonchev–Trinajstić information content (AvgIpc) is 2.41. The van der Waals surface area contributed by atoms with Crippen molar-refractivity contribution in [1.29, 1.82) is 0 Å². The number of rotatable bonds is 3. The minimum atomic E-state index is -0.115. The summed E-state index contributed by atoms with van der Waals surface area (Å²) in [6, 6.07) is 15.0. The minimum Gasteiger partial charge on any atom is -0.322 e. The second-order valence-corrected chi connectivity index (χ2v) is 4.37. The first-order valence-electron chi connectivity index (χ1n) is 5.72. The Bertz CT molecular complexity index is 566. The van der Waals surface area contributed by atoms with Crippen LogP contribution in [0, 0.1) is 6.92 Å². The van der Waals surface area contributed by atoms with Gasteiger partial charge >= 0.3 is 0 Å². The summed E-state index contributed by atoms with van der Waals surface area (Å²) in [6.45, 7) is 1.96. The molecule has 0 aliphatic heterocycles. The maximum Gasteiger partial charge on any atom is 0.255 e. The molecule has 2 aromatic rings. The van der Waals surface area contributed by atoms with Crippen LogP contribution in [0.2, 0.25) is 0 Å². The van der Waals surface area contributed by atoms with Crippen LogP contribution in [-0.2, 0) is 5.88 Å². The van der Waals surface area contributed by atoms with E-state index in [2.05, 4.69) is 5.32 Å². The van der Waals surface area contributed by atoms with Crippen molar-refractivity contribution < 1.29 is 4.79 Å². The van der Waals surface area contributed by atoms with Gasteiger partial charge in [-0.2, -0.15) is 0 Å². The third-order valence-electron chi connectivity index (χ3n) is 2.74. The topological polar surface area (TPSA) is 29.1 Å². The summed E-state index contributed by atoms with van der Waals surface area (Å²) < 4.78 is 0. The maximum atomic E-state index is 12.1. The molecule has 0 aliphatic rings. The Morgan fingerprint density at radius 2 is 1.94 bits per heavy atom. The van der Waals surface area contributed by atoms with E-state index in [1.807, 2.05) is 43.3 Å². The molecule has 0 fully saturated rings. The first-order valence-corrected chi connectivity index (χ1v) is 6.26. The lowest BCUT2D eigenvalue weighted by Crippen LogP contribution is -2.12. The number of hydrogen-bond acceptors (Lipinski definition) is 1. The largest absolute Gasteiger partial charge is 0.322 e. The Morgan fingerprint density at radius 3 is 2.67 bits per heavy atom. The number of hydrogen-bond donors (Lipinski definition) is 1. The monoisotopic (exact) mass is 259 g/mol. The summed E-state index contributed by atoms with van der Waals surface area (Å²) in [7, 11) is 0. The van der Waals surface area contributed by atoms with Crippen molar-refractivity contribution in [2.24, 2.45) is 0 Å². The molecule has 0 saturated heterocycles. The number of alkyl halides is 1. The third-order valence-corrected chi connectivity index (χ3v) is 3.05. The highest BCUT2D eigenvalue weighted by atomic mass is 35.5. The molecule has 0 spiro atoms. The van der Waals surface area contributed by atoms with Crippen LogP contribution in [0.15, 0.2) is 48.5 Å². The molecule has 0 aromatic heterocycles. The molecule has 0 unspecified atom stereocenters. The molecular weight excluding hydrogens is 246 g/mol. The second kappa shape index (κ2) is 5.69. The maximum absolute atomic E-state index is 12.1. The molecule has 1 N–H and O–H groups in total. The summed E-state index contributed by atoms with van der Waals surface area (Å²) in [5.74, 6) is 0.294. The van der Waals surface area contributed by atoms with Crippen LogP contribution in [0.5, 0.6) is 0 Å². The highest BCUT2D eigenvalue weighted by molar-refractivity contribution is 6.17. The molecule has 0 saturated carbocycles. The van der Waals surface area contributed by atoms with Gasteiger partial charge in [0.2, 0.25) is 0 Å². The molecule has 2 rings (SSSR count). The van der Waals surface area contributed by atoms with Gasteiger partial charge in [-0.25, -0.2) is 0 Å². The molecule has 0 bridgehead atoms. The fourth-order valence-corrected chi connectivity index (χ4v) is 1.87. The zero-order chi connectivity index (χ0) is 13.0. The third kappa shape index (κ3) is 2.90. The van der Waals surface area contributed by atoms with Crippen molar-refractivity contribution in [3.8, 4) is 0 Å². The highest BCUT2D eigenvalue weighted by Gasteiger charge is 2.07. The number of halogens is 1. The molecule has 18 heavy (non-hydrogen) atoms.